The third-order valence-corrected chi connectivity index (χ3v) is 3.37. The van der Waals surface area contributed by atoms with Gasteiger partial charge in [-0.15, -0.1) is 0 Å². The molecule has 130 valence electrons. The third-order valence-electron chi connectivity index (χ3n) is 3.37. The number of hydrogen-bond acceptors (Lipinski definition) is 4. The van der Waals surface area contributed by atoms with E-state index in [1.54, 1.807) is 6.92 Å². The van der Waals surface area contributed by atoms with Crippen LogP contribution in [0.1, 0.15) is 39.0 Å². The first-order valence-electron chi connectivity index (χ1n) is 7.67. The average molecular weight is 338 g/mol. The van der Waals surface area contributed by atoms with Gasteiger partial charge in [0.25, 0.3) is 0 Å². The van der Waals surface area contributed by atoms with Crippen molar-refractivity contribution in [1.29, 1.82) is 0 Å². The molecule has 0 aliphatic rings. The Bertz CT molecular complexity index is 688. The fraction of sp³-hybridized carbons (Fsp3) is 0.412. The van der Waals surface area contributed by atoms with Gasteiger partial charge in [-0.1, -0.05) is 32.9 Å². The first-order chi connectivity index (χ1) is 11.1. The molecule has 24 heavy (non-hydrogen) atoms. The lowest BCUT2D eigenvalue weighted by atomic mass is 9.87. The zero-order chi connectivity index (χ0) is 18.0. The molecule has 1 aromatic heterocycles. The van der Waals surface area contributed by atoms with Gasteiger partial charge in [0.15, 0.2) is 5.69 Å². The van der Waals surface area contributed by atoms with E-state index in [0.717, 1.165) is 11.6 Å². The summed E-state index contributed by atoms with van der Waals surface area (Å²) in [5.41, 5.74) is 0.828. The monoisotopic (exact) mass is 338 g/mol. The van der Waals surface area contributed by atoms with Crippen molar-refractivity contribution in [1.82, 2.24) is 9.97 Å². The average Bonchev–Trinajstić information content (AvgIpc) is 2.46. The predicted molar refractivity (Wildman–Crippen MR) is 89.6 cm³/mol. The van der Waals surface area contributed by atoms with Crippen molar-refractivity contribution in [3.8, 4) is 0 Å². The highest BCUT2D eigenvalue weighted by molar-refractivity contribution is 5.58. The van der Waals surface area contributed by atoms with Crippen LogP contribution in [0.25, 0.3) is 0 Å². The number of rotatable bonds is 4. The Labute approximate surface area is 139 Å². The van der Waals surface area contributed by atoms with E-state index in [1.807, 2.05) is 24.3 Å². The van der Waals surface area contributed by atoms with Crippen molar-refractivity contribution in [2.75, 3.05) is 17.2 Å². The van der Waals surface area contributed by atoms with Crippen LogP contribution < -0.4 is 10.6 Å². The maximum atomic E-state index is 13.0. The zero-order valence-electron chi connectivity index (χ0n) is 14.1. The molecule has 1 aromatic carbocycles. The molecule has 2 rings (SSSR count). The SMILES string of the molecule is CCNc1nc(Nc2ccc(C(C)(C)C)cc2)cc(C(F)(F)F)n1. The van der Waals surface area contributed by atoms with Crippen molar-refractivity contribution in [3.05, 3.63) is 41.6 Å². The van der Waals surface area contributed by atoms with Crippen LogP contribution >= 0.6 is 0 Å². The Morgan fingerprint density at radius 2 is 1.62 bits per heavy atom. The van der Waals surface area contributed by atoms with Crippen LogP contribution in [0.3, 0.4) is 0 Å². The van der Waals surface area contributed by atoms with Crippen molar-refractivity contribution in [2.45, 2.75) is 39.3 Å². The number of nitrogens with zero attached hydrogens (tertiary/aromatic N) is 2. The van der Waals surface area contributed by atoms with Crippen molar-refractivity contribution >= 4 is 17.5 Å². The molecule has 1 heterocycles. The molecule has 0 radical (unpaired) electrons. The summed E-state index contributed by atoms with van der Waals surface area (Å²) in [7, 11) is 0. The van der Waals surface area contributed by atoms with Crippen molar-refractivity contribution in [2.24, 2.45) is 0 Å². The van der Waals surface area contributed by atoms with Crippen LogP contribution in [0.15, 0.2) is 30.3 Å². The molecule has 0 saturated carbocycles. The molecule has 2 aromatic rings. The van der Waals surface area contributed by atoms with Gasteiger partial charge in [0, 0.05) is 18.3 Å². The molecule has 4 nitrogen and oxygen atoms in total. The third kappa shape index (κ3) is 4.59. The van der Waals surface area contributed by atoms with Gasteiger partial charge in [0.05, 0.1) is 0 Å². The molecule has 2 N–H and O–H groups in total. The minimum absolute atomic E-state index is 0.00904. The normalized spacial score (nSPS) is 12.1. The highest BCUT2D eigenvalue weighted by Gasteiger charge is 2.33. The molecule has 0 bridgehead atoms. The standard InChI is InChI=1S/C17H21F3N4/c1-5-21-15-23-13(17(18,19)20)10-14(24-15)22-12-8-6-11(7-9-12)16(2,3)4/h6-10H,5H2,1-4H3,(H2,21,22,23,24). The minimum Gasteiger partial charge on any atom is -0.354 e. The first kappa shape index (κ1) is 18.0. The summed E-state index contributed by atoms with van der Waals surface area (Å²) < 4.78 is 38.9. The fourth-order valence-electron chi connectivity index (χ4n) is 2.10. The van der Waals surface area contributed by atoms with Crippen LogP contribution in [-0.4, -0.2) is 16.5 Å². The molecule has 0 amide bonds. The van der Waals surface area contributed by atoms with E-state index >= 15 is 0 Å². The Morgan fingerprint density at radius 1 is 1.00 bits per heavy atom. The molecule has 0 atom stereocenters. The summed E-state index contributed by atoms with van der Waals surface area (Å²) in [5, 5.41) is 5.62. The first-order valence-corrected chi connectivity index (χ1v) is 7.67. The highest BCUT2D eigenvalue weighted by Crippen LogP contribution is 2.31. The van der Waals surface area contributed by atoms with Gasteiger partial charge < -0.3 is 10.6 Å². The molecule has 0 aliphatic heterocycles. The van der Waals surface area contributed by atoms with E-state index in [1.165, 1.54) is 0 Å². The number of alkyl halides is 3. The summed E-state index contributed by atoms with van der Waals surface area (Å²) in [6.45, 7) is 8.48. The van der Waals surface area contributed by atoms with Crippen LogP contribution in [0.5, 0.6) is 0 Å². The lowest BCUT2D eigenvalue weighted by molar-refractivity contribution is -0.141. The van der Waals surface area contributed by atoms with E-state index in [2.05, 4.69) is 41.4 Å². The quantitative estimate of drug-likeness (QED) is 0.826. The number of hydrogen-bond donors (Lipinski definition) is 2. The second-order valence-corrected chi connectivity index (χ2v) is 6.44. The summed E-state index contributed by atoms with van der Waals surface area (Å²) in [6, 6.07) is 8.43. The van der Waals surface area contributed by atoms with Crippen LogP contribution in [-0.2, 0) is 11.6 Å². The second-order valence-electron chi connectivity index (χ2n) is 6.44. The lowest BCUT2D eigenvalue weighted by Crippen LogP contribution is -2.13. The van der Waals surface area contributed by atoms with Gasteiger partial charge >= 0.3 is 6.18 Å². The van der Waals surface area contributed by atoms with Crippen molar-refractivity contribution < 1.29 is 13.2 Å². The number of nitrogens with one attached hydrogen (secondary N) is 2. The Kier molecular flexibility index (Phi) is 5.01. The minimum atomic E-state index is -4.53. The van der Waals surface area contributed by atoms with E-state index in [-0.39, 0.29) is 17.2 Å². The summed E-state index contributed by atoms with van der Waals surface area (Å²) in [6.07, 6.45) is -4.53. The number of benzene rings is 1. The van der Waals surface area contributed by atoms with Gasteiger partial charge in [-0.05, 0) is 30.0 Å². The van der Waals surface area contributed by atoms with Gasteiger partial charge in [-0.3, -0.25) is 0 Å². The van der Waals surface area contributed by atoms with E-state index in [9.17, 15) is 13.2 Å². The summed E-state index contributed by atoms with van der Waals surface area (Å²) >= 11 is 0. The van der Waals surface area contributed by atoms with Crippen LogP contribution in [0.2, 0.25) is 0 Å². The Balaban J connectivity index is 2.29. The molecule has 0 aliphatic carbocycles. The molecule has 7 heteroatoms. The van der Waals surface area contributed by atoms with Gasteiger partial charge in [0.1, 0.15) is 5.82 Å². The van der Waals surface area contributed by atoms with Crippen LogP contribution in [0.4, 0.5) is 30.6 Å². The van der Waals surface area contributed by atoms with E-state index in [4.69, 9.17) is 0 Å². The maximum absolute atomic E-state index is 13.0. The largest absolute Gasteiger partial charge is 0.433 e. The summed E-state index contributed by atoms with van der Waals surface area (Å²) in [4.78, 5) is 7.57. The molecular weight excluding hydrogens is 317 g/mol. The van der Waals surface area contributed by atoms with Crippen LogP contribution in [0, 0.1) is 0 Å². The van der Waals surface area contributed by atoms with Crippen molar-refractivity contribution in [3.63, 3.8) is 0 Å². The van der Waals surface area contributed by atoms with E-state index < -0.39 is 11.9 Å². The molecular formula is C17H21F3N4. The van der Waals surface area contributed by atoms with Gasteiger partial charge in [-0.2, -0.15) is 18.2 Å². The van der Waals surface area contributed by atoms with Gasteiger partial charge in [-0.25, -0.2) is 4.98 Å². The number of aromatic nitrogens is 2. The molecule has 0 fully saturated rings. The summed E-state index contributed by atoms with van der Waals surface area (Å²) in [5.74, 6) is 0.0397. The molecule has 0 unspecified atom stereocenters. The molecule has 0 spiro atoms. The highest BCUT2D eigenvalue weighted by atomic mass is 19.4. The fourth-order valence-corrected chi connectivity index (χ4v) is 2.10. The Hall–Kier alpha value is -2.31. The number of halogens is 3. The zero-order valence-corrected chi connectivity index (χ0v) is 14.1. The Morgan fingerprint density at radius 3 is 2.12 bits per heavy atom. The smallest absolute Gasteiger partial charge is 0.354 e. The lowest BCUT2D eigenvalue weighted by Gasteiger charge is -2.19. The maximum Gasteiger partial charge on any atom is 0.433 e. The number of anilines is 3. The topological polar surface area (TPSA) is 49.8 Å². The predicted octanol–water partition coefficient (Wildman–Crippen LogP) is 4.97. The van der Waals surface area contributed by atoms with Gasteiger partial charge in [0.2, 0.25) is 5.95 Å². The second kappa shape index (κ2) is 6.67. The van der Waals surface area contributed by atoms with E-state index in [0.29, 0.717) is 12.2 Å². The molecule has 0 saturated heterocycles.